The van der Waals surface area contributed by atoms with Gasteiger partial charge < -0.3 is 15.0 Å². The quantitative estimate of drug-likeness (QED) is 0.766. The highest BCUT2D eigenvalue weighted by Crippen LogP contribution is 2.24. The molecule has 2 fully saturated rings. The molecule has 2 unspecified atom stereocenters. The number of benzene rings is 1. The summed E-state index contributed by atoms with van der Waals surface area (Å²) in [6.45, 7) is 2.40. The second kappa shape index (κ2) is 7.49. The third-order valence-corrected chi connectivity index (χ3v) is 7.33. The summed E-state index contributed by atoms with van der Waals surface area (Å²) < 4.78 is 31.9. The minimum absolute atomic E-state index is 0.256. The van der Waals surface area contributed by atoms with Crippen molar-refractivity contribution in [2.24, 2.45) is 0 Å². The maximum atomic E-state index is 12.8. The van der Waals surface area contributed by atoms with Crippen molar-refractivity contribution in [3.63, 3.8) is 0 Å². The molecule has 2 aliphatic rings. The van der Waals surface area contributed by atoms with E-state index < -0.39 is 27.3 Å². The Kier molecular flexibility index (Phi) is 5.52. The Bertz CT molecular complexity index is 717. The van der Waals surface area contributed by atoms with E-state index in [1.807, 2.05) is 24.3 Å². The first kappa shape index (κ1) is 18.4. The molecular weight excluding hydrogens is 366 g/mol. The number of rotatable bonds is 4. The van der Waals surface area contributed by atoms with Gasteiger partial charge in [-0.15, -0.1) is 0 Å². The lowest BCUT2D eigenvalue weighted by Crippen LogP contribution is -2.51. The Hall–Kier alpha value is -1.35. The van der Waals surface area contributed by atoms with Crippen LogP contribution in [0.2, 0.25) is 5.02 Å². The maximum absolute atomic E-state index is 12.8. The average Bonchev–Trinajstić information content (AvgIpc) is 3.13. The summed E-state index contributed by atoms with van der Waals surface area (Å²) in [5.74, 6) is -0.412. The molecule has 0 bridgehead atoms. The Morgan fingerprint density at radius 3 is 2.44 bits per heavy atom. The molecule has 2 heterocycles. The topological polar surface area (TPSA) is 79.0 Å². The molecule has 2 atom stereocenters. The van der Waals surface area contributed by atoms with Crippen molar-refractivity contribution in [1.29, 1.82) is 0 Å². The van der Waals surface area contributed by atoms with Gasteiger partial charge in [-0.1, -0.05) is 11.6 Å². The van der Waals surface area contributed by atoms with E-state index in [0.29, 0.717) is 31.2 Å². The van der Waals surface area contributed by atoms with Crippen LogP contribution in [0.5, 0.6) is 0 Å². The fraction of sp³-hybridized carbons (Fsp3) is 0.562. The number of sulfonamides is 1. The number of esters is 1. The van der Waals surface area contributed by atoms with Gasteiger partial charge in [0.1, 0.15) is 6.04 Å². The number of nitrogens with zero attached hydrogens (tertiary/aromatic N) is 2. The van der Waals surface area contributed by atoms with Crippen molar-refractivity contribution >= 4 is 33.3 Å². The molecule has 2 saturated heterocycles. The van der Waals surface area contributed by atoms with Crippen molar-refractivity contribution in [1.82, 2.24) is 9.62 Å². The predicted octanol–water partition coefficient (Wildman–Crippen LogP) is 0.695. The summed E-state index contributed by atoms with van der Waals surface area (Å²) in [5, 5.41) is 3.03. The zero-order valence-corrected chi connectivity index (χ0v) is 15.6. The molecule has 0 aromatic heterocycles. The van der Waals surface area contributed by atoms with Crippen LogP contribution in [0, 0.1) is 0 Å². The Labute approximate surface area is 152 Å². The van der Waals surface area contributed by atoms with Gasteiger partial charge in [0.15, 0.2) is 0 Å². The molecule has 3 rings (SSSR count). The van der Waals surface area contributed by atoms with Gasteiger partial charge >= 0.3 is 5.97 Å². The maximum Gasteiger partial charge on any atom is 0.322 e. The van der Waals surface area contributed by atoms with Crippen molar-refractivity contribution in [3.05, 3.63) is 29.3 Å². The van der Waals surface area contributed by atoms with E-state index in [-0.39, 0.29) is 13.0 Å². The Morgan fingerprint density at radius 1 is 1.20 bits per heavy atom. The molecule has 0 aliphatic carbocycles. The zero-order valence-electron chi connectivity index (χ0n) is 14.0. The van der Waals surface area contributed by atoms with Gasteiger partial charge in [0.05, 0.1) is 12.4 Å². The normalized spacial score (nSPS) is 25.1. The minimum atomic E-state index is -3.43. The van der Waals surface area contributed by atoms with Crippen LogP contribution in [0.1, 0.15) is 6.42 Å². The summed E-state index contributed by atoms with van der Waals surface area (Å²) in [6, 6.07) is 7.00. The predicted molar refractivity (Wildman–Crippen MR) is 96.4 cm³/mol. The lowest BCUT2D eigenvalue weighted by molar-refractivity contribution is -0.142. The van der Waals surface area contributed by atoms with Crippen LogP contribution in [-0.2, 0) is 19.6 Å². The number of carbonyl (C=O) groups is 1. The fourth-order valence-electron chi connectivity index (χ4n) is 3.32. The second-order valence-corrected chi connectivity index (χ2v) is 8.90. The minimum Gasteiger partial charge on any atom is -0.468 e. The molecule has 1 N–H and O–H groups in total. The van der Waals surface area contributed by atoms with E-state index in [9.17, 15) is 13.2 Å². The Balaban J connectivity index is 1.60. The van der Waals surface area contributed by atoms with Crippen molar-refractivity contribution in [3.8, 4) is 0 Å². The first-order valence-electron chi connectivity index (χ1n) is 8.22. The SMILES string of the molecule is COC(=O)C1CC(S(=O)(=O)N2CCN(c3ccc(Cl)cc3)CC2)CN1. The average molecular weight is 388 g/mol. The van der Waals surface area contributed by atoms with Gasteiger partial charge in [0.2, 0.25) is 10.0 Å². The molecule has 1 aromatic carbocycles. The summed E-state index contributed by atoms with van der Waals surface area (Å²) >= 11 is 5.91. The molecule has 0 saturated carbocycles. The van der Waals surface area contributed by atoms with Crippen LogP contribution < -0.4 is 10.2 Å². The molecular formula is C16H22ClN3O4S. The van der Waals surface area contributed by atoms with Gasteiger partial charge in [0, 0.05) is 43.4 Å². The molecule has 138 valence electrons. The molecule has 25 heavy (non-hydrogen) atoms. The number of ether oxygens (including phenoxy) is 1. The third-order valence-electron chi connectivity index (χ3n) is 4.79. The summed E-state index contributed by atoms with van der Waals surface area (Å²) in [4.78, 5) is 13.7. The van der Waals surface area contributed by atoms with Gasteiger partial charge in [-0.2, -0.15) is 4.31 Å². The van der Waals surface area contributed by atoms with E-state index in [0.717, 1.165) is 5.69 Å². The largest absolute Gasteiger partial charge is 0.468 e. The molecule has 0 amide bonds. The van der Waals surface area contributed by atoms with Crippen LogP contribution in [0.25, 0.3) is 0 Å². The number of nitrogens with one attached hydrogen (secondary N) is 1. The zero-order chi connectivity index (χ0) is 18.0. The number of hydrogen-bond acceptors (Lipinski definition) is 6. The molecule has 1 aromatic rings. The van der Waals surface area contributed by atoms with Gasteiger partial charge in [-0.3, -0.25) is 4.79 Å². The third kappa shape index (κ3) is 3.92. The van der Waals surface area contributed by atoms with Gasteiger partial charge in [0.25, 0.3) is 0 Å². The Morgan fingerprint density at radius 2 is 1.84 bits per heavy atom. The van der Waals surface area contributed by atoms with Crippen molar-refractivity contribution < 1.29 is 17.9 Å². The van der Waals surface area contributed by atoms with Crippen LogP contribution in [0.4, 0.5) is 5.69 Å². The van der Waals surface area contributed by atoms with E-state index in [1.54, 1.807) is 0 Å². The number of halogens is 1. The lowest BCUT2D eigenvalue weighted by Gasteiger charge is -2.36. The summed E-state index contributed by atoms with van der Waals surface area (Å²) in [7, 11) is -2.13. The first-order chi connectivity index (χ1) is 11.9. The van der Waals surface area contributed by atoms with Crippen LogP contribution in [-0.4, -0.2) is 69.8 Å². The van der Waals surface area contributed by atoms with Crippen molar-refractivity contribution in [2.45, 2.75) is 17.7 Å². The number of carbonyl (C=O) groups excluding carboxylic acids is 1. The molecule has 7 nitrogen and oxygen atoms in total. The highest BCUT2D eigenvalue weighted by atomic mass is 35.5. The van der Waals surface area contributed by atoms with E-state index in [4.69, 9.17) is 11.6 Å². The fourth-order valence-corrected chi connectivity index (χ4v) is 5.28. The second-order valence-electron chi connectivity index (χ2n) is 6.25. The monoisotopic (exact) mass is 387 g/mol. The molecule has 0 spiro atoms. The lowest BCUT2D eigenvalue weighted by atomic mass is 10.2. The standard InChI is InChI=1S/C16H22ClN3O4S/c1-24-16(21)15-10-14(11-18-15)25(22,23)20-8-6-19(7-9-20)13-4-2-12(17)3-5-13/h2-5,14-15,18H,6-11H2,1H3. The van der Waals surface area contributed by atoms with Crippen LogP contribution in [0.15, 0.2) is 24.3 Å². The smallest absolute Gasteiger partial charge is 0.322 e. The number of piperazine rings is 1. The molecule has 9 heteroatoms. The van der Waals surface area contributed by atoms with Crippen LogP contribution in [0.3, 0.4) is 0 Å². The van der Waals surface area contributed by atoms with E-state index in [1.165, 1.54) is 11.4 Å². The number of methoxy groups -OCH3 is 1. The van der Waals surface area contributed by atoms with Gasteiger partial charge in [-0.05, 0) is 30.7 Å². The highest BCUT2D eigenvalue weighted by molar-refractivity contribution is 7.89. The summed E-state index contributed by atoms with van der Waals surface area (Å²) in [5.41, 5.74) is 1.04. The molecule has 2 aliphatic heterocycles. The number of anilines is 1. The first-order valence-corrected chi connectivity index (χ1v) is 10.1. The van der Waals surface area contributed by atoms with Crippen LogP contribution >= 0.6 is 11.6 Å². The van der Waals surface area contributed by atoms with E-state index >= 15 is 0 Å². The van der Waals surface area contributed by atoms with Crippen molar-refractivity contribution in [2.75, 3.05) is 44.7 Å². The van der Waals surface area contributed by atoms with Gasteiger partial charge in [-0.25, -0.2) is 8.42 Å². The summed E-state index contributed by atoms with van der Waals surface area (Å²) in [6.07, 6.45) is 0.256. The highest BCUT2D eigenvalue weighted by Gasteiger charge is 2.41. The number of hydrogen-bond donors (Lipinski definition) is 1. The molecule has 0 radical (unpaired) electrons. The van der Waals surface area contributed by atoms with E-state index in [2.05, 4.69) is 15.0 Å².